The third-order valence-electron chi connectivity index (χ3n) is 3.72. The van der Waals surface area contributed by atoms with Crippen LogP contribution in [-0.4, -0.2) is 25.1 Å². The van der Waals surface area contributed by atoms with Crippen molar-refractivity contribution >= 4 is 43.3 Å². The molecule has 26 heavy (non-hydrogen) atoms. The largest absolute Gasteiger partial charge is 0.505 e. The zero-order valence-electron chi connectivity index (χ0n) is 13.5. The molecule has 134 valence electrons. The number of halogens is 1. The van der Waals surface area contributed by atoms with E-state index in [2.05, 4.69) is 31.2 Å². The van der Waals surface area contributed by atoms with E-state index < -0.39 is 27.4 Å². The average molecular weight is 436 g/mol. The predicted octanol–water partition coefficient (Wildman–Crippen LogP) is 2.51. The number of sulfonamides is 1. The van der Waals surface area contributed by atoms with Crippen LogP contribution >= 0.6 is 15.9 Å². The summed E-state index contributed by atoms with van der Waals surface area (Å²) in [4.78, 5) is 12.2. The van der Waals surface area contributed by atoms with Crippen molar-refractivity contribution in [1.82, 2.24) is 10.1 Å². The number of nitrogens with one attached hydrogen (secondary N) is 2. The van der Waals surface area contributed by atoms with Crippen LogP contribution in [0.3, 0.4) is 0 Å². The fourth-order valence-corrected chi connectivity index (χ4v) is 3.91. The van der Waals surface area contributed by atoms with Crippen LogP contribution in [0, 0.1) is 0 Å². The first kappa shape index (κ1) is 18.2. The molecule has 3 rings (SSSR count). The van der Waals surface area contributed by atoms with Crippen LogP contribution in [0.5, 0.6) is 0 Å². The number of carbonyl (C=O) groups excluding carboxylic acids is 1. The lowest BCUT2D eigenvalue weighted by Gasteiger charge is -2.20. The number of hydrazone groups is 1. The van der Waals surface area contributed by atoms with Gasteiger partial charge in [0.1, 0.15) is 0 Å². The SMILES string of the molecule is C/C(=N\NC(=O)C1=C(O)c2ccccc2S(=O)(=O)N1)c1ccc(Br)cc1. The van der Waals surface area contributed by atoms with E-state index >= 15 is 0 Å². The van der Waals surface area contributed by atoms with E-state index in [1.54, 1.807) is 13.0 Å². The molecule has 9 heteroatoms. The van der Waals surface area contributed by atoms with Crippen LogP contribution in [-0.2, 0) is 14.8 Å². The Hall–Kier alpha value is -2.65. The Bertz CT molecular complexity index is 1040. The molecule has 1 aliphatic rings. The summed E-state index contributed by atoms with van der Waals surface area (Å²) in [6.45, 7) is 1.69. The number of benzene rings is 2. The molecule has 0 radical (unpaired) electrons. The molecule has 0 bridgehead atoms. The van der Waals surface area contributed by atoms with Crippen LogP contribution in [0.15, 0.2) is 68.7 Å². The molecule has 0 aromatic heterocycles. The molecule has 2 aromatic carbocycles. The van der Waals surface area contributed by atoms with Gasteiger partial charge in [0.15, 0.2) is 11.5 Å². The molecular weight excluding hydrogens is 422 g/mol. The van der Waals surface area contributed by atoms with Gasteiger partial charge in [0.25, 0.3) is 15.9 Å². The van der Waals surface area contributed by atoms with E-state index in [0.29, 0.717) is 5.71 Å². The van der Waals surface area contributed by atoms with Gasteiger partial charge < -0.3 is 5.11 Å². The molecule has 1 amide bonds. The van der Waals surface area contributed by atoms with Crippen molar-refractivity contribution in [3.05, 3.63) is 69.8 Å². The Morgan fingerprint density at radius 1 is 1.15 bits per heavy atom. The molecule has 1 heterocycles. The lowest BCUT2D eigenvalue weighted by atomic mass is 10.1. The van der Waals surface area contributed by atoms with E-state index in [9.17, 15) is 18.3 Å². The maximum atomic E-state index is 12.3. The maximum absolute atomic E-state index is 12.3. The highest BCUT2D eigenvalue weighted by Gasteiger charge is 2.32. The van der Waals surface area contributed by atoms with Gasteiger partial charge in [-0.05, 0) is 36.8 Å². The van der Waals surface area contributed by atoms with E-state index in [0.717, 1.165) is 10.0 Å². The molecular formula is C17H14BrN3O4S. The lowest BCUT2D eigenvalue weighted by molar-refractivity contribution is -0.117. The lowest BCUT2D eigenvalue weighted by Crippen LogP contribution is -2.37. The summed E-state index contributed by atoms with van der Waals surface area (Å²) in [5.41, 5.74) is 3.14. The quantitative estimate of drug-likeness (QED) is 0.508. The monoisotopic (exact) mass is 435 g/mol. The zero-order valence-corrected chi connectivity index (χ0v) is 15.9. The Labute approximate surface area is 158 Å². The van der Waals surface area contributed by atoms with Crippen molar-refractivity contribution in [2.45, 2.75) is 11.8 Å². The third-order valence-corrected chi connectivity index (χ3v) is 5.66. The van der Waals surface area contributed by atoms with Crippen molar-refractivity contribution in [3.8, 4) is 0 Å². The van der Waals surface area contributed by atoms with Gasteiger partial charge in [0.05, 0.1) is 10.6 Å². The van der Waals surface area contributed by atoms with E-state index in [4.69, 9.17) is 0 Å². The summed E-state index contributed by atoms with van der Waals surface area (Å²) in [5.74, 6) is -1.32. The van der Waals surface area contributed by atoms with Crippen molar-refractivity contribution in [2.75, 3.05) is 0 Å². The second-order valence-electron chi connectivity index (χ2n) is 5.47. The van der Waals surface area contributed by atoms with Crippen molar-refractivity contribution in [3.63, 3.8) is 0 Å². The molecule has 0 aliphatic carbocycles. The first-order valence-electron chi connectivity index (χ1n) is 7.45. The van der Waals surface area contributed by atoms with E-state index in [-0.39, 0.29) is 10.5 Å². The Morgan fingerprint density at radius 3 is 2.50 bits per heavy atom. The highest BCUT2D eigenvalue weighted by Crippen LogP contribution is 2.28. The van der Waals surface area contributed by atoms with Crippen LogP contribution in [0.4, 0.5) is 0 Å². The average Bonchev–Trinajstić information content (AvgIpc) is 2.63. The second-order valence-corrected chi connectivity index (χ2v) is 8.04. The minimum Gasteiger partial charge on any atom is -0.505 e. The molecule has 7 nitrogen and oxygen atoms in total. The topological polar surface area (TPSA) is 108 Å². The fourth-order valence-electron chi connectivity index (χ4n) is 2.37. The number of nitrogens with zero attached hydrogens (tertiary/aromatic N) is 1. The number of rotatable bonds is 3. The Kier molecular flexibility index (Phi) is 4.84. The first-order valence-corrected chi connectivity index (χ1v) is 9.73. The Balaban J connectivity index is 1.88. The number of carbonyl (C=O) groups is 1. The van der Waals surface area contributed by atoms with Gasteiger partial charge in [0, 0.05) is 10.0 Å². The molecule has 1 aliphatic heterocycles. The Morgan fingerprint density at radius 2 is 1.81 bits per heavy atom. The van der Waals surface area contributed by atoms with Crippen molar-refractivity contribution in [2.24, 2.45) is 5.10 Å². The van der Waals surface area contributed by atoms with Gasteiger partial charge >= 0.3 is 0 Å². The predicted molar refractivity (Wildman–Crippen MR) is 101 cm³/mol. The number of aliphatic hydroxyl groups is 1. The van der Waals surface area contributed by atoms with Crippen LogP contribution in [0.25, 0.3) is 5.76 Å². The molecule has 0 atom stereocenters. The smallest absolute Gasteiger partial charge is 0.292 e. The zero-order chi connectivity index (χ0) is 18.9. The van der Waals surface area contributed by atoms with E-state index in [1.165, 1.54) is 18.2 Å². The van der Waals surface area contributed by atoms with Gasteiger partial charge in [0.2, 0.25) is 0 Å². The van der Waals surface area contributed by atoms with Crippen molar-refractivity contribution in [1.29, 1.82) is 0 Å². The minimum absolute atomic E-state index is 0.0602. The van der Waals surface area contributed by atoms with Gasteiger partial charge in [-0.1, -0.05) is 40.2 Å². The number of amides is 1. The molecule has 0 saturated carbocycles. The molecule has 0 spiro atoms. The number of hydrogen-bond acceptors (Lipinski definition) is 5. The standard InChI is InChI=1S/C17H14BrN3O4S/c1-10(11-6-8-12(18)9-7-11)19-20-17(23)15-16(22)13-4-2-3-5-14(13)26(24,25)21-15/h2-9,21-22H,1H3,(H,20,23)/b19-10+. The van der Waals surface area contributed by atoms with E-state index in [1.807, 2.05) is 24.3 Å². The highest BCUT2D eigenvalue weighted by atomic mass is 79.9. The molecule has 0 unspecified atom stereocenters. The van der Waals surface area contributed by atoms with Gasteiger partial charge in [-0.15, -0.1) is 0 Å². The highest BCUT2D eigenvalue weighted by molar-refractivity contribution is 9.10. The number of hydrogen-bond donors (Lipinski definition) is 3. The molecule has 0 saturated heterocycles. The number of aliphatic hydroxyl groups excluding tert-OH is 1. The number of fused-ring (bicyclic) bond motifs is 1. The van der Waals surface area contributed by atoms with Gasteiger partial charge in [-0.3, -0.25) is 9.52 Å². The van der Waals surface area contributed by atoms with Crippen molar-refractivity contribution < 1.29 is 18.3 Å². The summed E-state index contributed by atoms with van der Waals surface area (Å²) >= 11 is 3.33. The second kappa shape index (κ2) is 6.93. The first-order chi connectivity index (χ1) is 12.3. The van der Waals surface area contributed by atoms with Gasteiger partial charge in [-0.2, -0.15) is 5.10 Å². The maximum Gasteiger partial charge on any atom is 0.292 e. The molecule has 0 fully saturated rings. The minimum atomic E-state index is -3.95. The van der Waals surface area contributed by atoms with Crippen LogP contribution in [0.1, 0.15) is 18.1 Å². The third kappa shape index (κ3) is 3.49. The van der Waals surface area contributed by atoms with Gasteiger partial charge in [-0.25, -0.2) is 13.8 Å². The molecule has 2 aromatic rings. The molecule has 3 N–H and O–H groups in total. The van der Waals surface area contributed by atoms with Crippen LogP contribution < -0.4 is 10.1 Å². The summed E-state index contributed by atoms with van der Waals surface area (Å²) in [5, 5.41) is 14.2. The summed E-state index contributed by atoms with van der Waals surface area (Å²) in [6, 6.07) is 13.2. The summed E-state index contributed by atoms with van der Waals surface area (Å²) in [7, 11) is -3.95. The summed E-state index contributed by atoms with van der Waals surface area (Å²) < 4.78 is 27.5. The van der Waals surface area contributed by atoms with Crippen LogP contribution in [0.2, 0.25) is 0 Å². The normalized spacial score (nSPS) is 15.8. The summed E-state index contributed by atoms with van der Waals surface area (Å²) in [6.07, 6.45) is 0. The fraction of sp³-hybridized carbons (Fsp3) is 0.0588.